The van der Waals surface area contributed by atoms with Gasteiger partial charge in [-0.05, 0) is 110 Å². The molecule has 260 valence electrons. The highest BCUT2D eigenvalue weighted by Crippen LogP contribution is 2.40. The van der Waals surface area contributed by atoms with Crippen LogP contribution in [0.5, 0.6) is 0 Å². The summed E-state index contributed by atoms with van der Waals surface area (Å²) in [5.74, 6) is 0. The molecule has 55 heavy (non-hydrogen) atoms. The Bertz CT molecular complexity index is 2900. The Hall–Kier alpha value is -5.59. The molecule has 0 N–H and O–H groups in total. The number of fused-ring (bicyclic) bond motifs is 13. The minimum Gasteiger partial charge on any atom is -0.0688 e. The molecule has 3 heteroatoms. The van der Waals surface area contributed by atoms with Gasteiger partial charge in [-0.3, -0.25) is 0 Å². The van der Waals surface area contributed by atoms with Crippen molar-refractivity contribution in [2.24, 2.45) is 0 Å². The Morgan fingerprint density at radius 1 is 0.364 bits per heavy atom. The molecule has 3 aliphatic heterocycles. The molecule has 0 amide bonds. The number of hydrogen-bond donors (Lipinski definition) is 0. The third-order valence-corrected chi connectivity index (χ3v) is 22.6. The van der Waals surface area contributed by atoms with E-state index in [0.717, 1.165) is 9.52 Å². The van der Waals surface area contributed by atoms with E-state index >= 15 is 0 Å². The molecule has 0 saturated carbocycles. The quantitative estimate of drug-likeness (QED) is 0.159. The summed E-state index contributed by atoms with van der Waals surface area (Å²) in [6, 6.07) is 65.7. The highest BCUT2D eigenvalue weighted by atomic mass is 28.3. The van der Waals surface area contributed by atoms with Crippen molar-refractivity contribution in [1.29, 1.82) is 0 Å². The molecule has 8 aromatic carbocycles. The Kier molecular flexibility index (Phi) is 7.13. The Labute approximate surface area is 329 Å². The van der Waals surface area contributed by atoms with Gasteiger partial charge in [0.2, 0.25) is 0 Å². The van der Waals surface area contributed by atoms with Crippen LogP contribution >= 0.6 is 0 Å². The monoisotopic (exact) mass is 748 g/mol. The zero-order valence-electron chi connectivity index (χ0n) is 31.7. The highest BCUT2D eigenvalue weighted by molar-refractivity contribution is 7.24. The van der Waals surface area contributed by atoms with Gasteiger partial charge in [0, 0.05) is 0 Å². The van der Waals surface area contributed by atoms with Crippen LogP contribution in [0.15, 0.2) is 170 Å². The molecule has 0 saturated heterocycles. The summed E-state index contributed by atoms with van der Waals surface area (Å²) < 4.78 is 0. The van der Waals surface area contributed by atoms with Gasteiger partial charge < -0.3 is 0 Å². The van der Waals surface area contributed by atoms with Gasteiger partial charge in [-0.25, -0.2) is 0 Å². The smallest absolute Gasteiger partial charge is 0.0688 e. The number of hydrogen-bond acceptors (Lipinski definition) is 0. The maximum atomic E-state index is 2.64. The first-order valence-corrected chi connectivity index (χ1v) is 26.0. The summed E-state index contributed by atoms with van der Waals surface area (Å²) in [5.41, 5.74) is 17.9. The van der Waals surface area contributed by atoms with Gasteiger partial charge in [-0.2, -0.15) is 0 Å². The van der Waals surface area contributed by atoms with Gasteiger partial charge in [-0.1, -0.05) is 195 Å². The van der Waals surface area contributed by atoms with E-state index in [-0.39, 0.29) is 0 Å². The third-order valence-electron chi connectivity index (χ3n) is 13.1. The Balaban J connectivity index is 1.16. The van der Waals surface area contributed by atoms with Crippen LogP contribution in [-0.4, -0.2) is 25.7 Å². The van der Waals surface area contributed by atoms with Gasteiger partial charge in [0.15, 0.2) is 8.07 Å². The molecule has 8 aromatic rings. The van der Waals surface area contributed by atoms with E-state index in [1.54, 1.807) is 10.4 Å². The molecule has 0 fully saturated rings. The molecule has 1 unspecified atom stereocenters. The minimum atomic E-state index is -2.70. The average molecular weight is 749 g/mol. The lowest BCUT2D eigenvalue weighted by molar-refractivity contribution is 1.45. The van der Waals surface area contributed by atoms with Crippen molar-refractivity contribution in [3.63, 3.8) is 0 Å². The van der Waals surface area contributed by atoms with Crippen LogP contribution in [0.2, 0.25) is 19.6 Å². The maximum Gasteiger partial charge on any atom is 0.182 e. The third kappa shape index (κ3) is 4.37. The summed E-state index contributed by atoms with van der Waals surface area (Å²) in [7, 11) is -3.88. The van der Waals surface area contributed by atoms with E-state index in [9.17, 15) is 0 Å². The lowest BCUT2D eigenvalue weighted by Crippen LogP contribution is -2.70. The zero-order valence-corrected chi connectivity index (χ0v) is 34.7. The van der Waals surface area contributed by atoms with Gasteiger partial charge in [-0.15, -0.1) is 0 Å². The van der Waals surface area contributed by atoms with Gasteiger partial charge in [0.1, 0.15) is 8.07 Å². The molecule has 0 bridgehead atoms. The van der Waals surface area contributed by atoms with Crippen LogP contribution < -0.4 is 36.3 Å². The molecular weight excluding hydrogens is 709 g/mol. The summed E-state index contributed by atoms with van der Waals surface area (Å²) in [6.07, 6.45) is 0. The molecule has 11 rings (SSSR count). The predicted molar refractivity (Wildman–Crippen MR) is 243 cm³/mol. The first-order chi connectivity index (χ1) is 26.9. The van der Waals surface area contributed by atoms with Crippen LogP contribution in [0.25, 0.3) is 66.8 Å². The van der Waals surface area contributed by atoms with Crippen molar-refractivity contribution in [3.05, 3.63) is 175 Å². The van der Waals surface area contributed by atoms with Gasteiger partial charge >= 0.3 is 0 Å². The topological polar surface area (TPSA) is 0 Å². The number of benzene rings is 8. The van der Waals surface area contributed by atoms with E-state index in [1.807, 2.05) is 0 Å². The standard InChI is InChI=1S/C52H40Si3/c1-33-36(19-13-20-37(33)39-15-5-9-23-46(39)53-2)34-27-29-43-40-16-7-11-25-48(40)55(50(43)31-34)49-26-12-8-17-41(49)44-30-28-35(32-51(44)55)38-21-14-22-45-42-18-6-10-24-47(42)54(3,4)52(38)45/h5-32H,1-4H3. The Morgan fingerprint density at radius 2 is 0.800 bits per heavy atom. The molecule has 1 atom stereocenters. The van der Waals surface area contributed by atoms with E-state index in [0.29, 0.717) is 0 Å². The van der Waals surface area contributed by atoms with Crippen LogP contribution in [0.1, 0.15) is 5.56 Å². The molecule has 2 radical (unpaired) electrons. The lowest BCUT2D eigenvalue weighted by Gasteiger charge is -2.29. The van der Waals surface area contributed by atoms with E-state index in [1.165, 1.54) is 98.3 Å². The van der Waals surface area contributed by atoms with Gasteiger partial charge in [0.05, 0.1) is 9.52 Å². The maximum absolute atomic E-state index is 2.70. The normalized spacial score (nSPS) is 16.3. The second-order valence-electron chi connectivity index (χ2n) is 16.0. The van der Waals surface area contributed by atoms with Crippen molar-refractivity contribution < 1.29 is 0 Å². The lowest BCUT2D eigenvalue weighted by atomic mass is 9.92. The van der Waals surface area contributed by atoms with Crippen LogP contribution in [-0.2, 0) is 0 Å². The second kappa shape index (κ2) is 12.0. The molecule has 0 aromatic heterocycles. The molecule has 3 aliphatic rings. The largest absolute Gasteiger partial charge is 0.182 e. The van der Waals surface area contributed by atoms with Gasteiger partial charge in [0.25, 0.3) is 0 Å². The zero-order chi connectivity index (χ0) is 37.1. The second-order valence-corrected chi connectivity index (χ2v) is 25.0. The minimum absolute atomic E-state index is 0.751. The molecule has 0 aliphatic carbocycles. The number of rotatable bonds is 4. The fourth-order valence-corrected chi connectivity index (χ4v) is 20.6. The van der Waals surface area contributed by atoms with Crippen LogP contribution in [0.3, 0.4) is 0 Å². The summed E-state index contributed by atoms with van der Waals surface area (Å²) in [6.45, 7) is 9.70. The molecule has 1 spiro atoms. The van der Waals surface area contributed by atoms with E-state index in [2.05, 4.69) is 196 Å². The van der Waals surface area contributed by atoms with E-state index < -0.39 is 16.1 Å². The first-order valence-electron chi connectivity index (χ1n) is 19.5. The van der Waals surface area contributed by atoms with Crippen molar-refractivity contribution in [2.45, 2.75) is 26.6 Å². The van der Waals surface area contributed by atoms with Crippen molar-refractivity contribution in [3.8, 4) is 66.8 Å². The molecule has 3 heterocycles. The molecule has 0 nitrogen and oxygen atoms in total. The van der Waals surface area contributed by atoms with Crippen LogP contribution in [0.4, 0.5) is 0 Å². The van der Waals surface area contributed by atoms with Crippen molar-refractivity contribution in [2.75, 3.05) is 0 Å². The highest BCUT2D eigenvalue weighted by Gasteiger charge is 2.54. The average Bonchev–Trinajstić information content (AvgIpc) is 3.79. The van der Waals surface area contributed by atoms with E-state index in [4.69, 9.17) is 0 Å². The van der Waals surface area contributed by atoms with Crippen LogP contribution in [0, 0.1) is 6.92 Å². The SMILES string of the molecule is C[Si]c1ccccc1-c1cccc(-c2ccc3c(c2)[Si]2(c4ccccc4-3)c3ccccc3-c3ccc(-c4cccc5c4[Si](C)(C)c4ccccc4-5)cc32)c1C. The van der Waals surface area contributed by atoms with Crippen molar-refractivity contribution in [1.82, 2.24) is 0 Å². The van der Waals surface area contributed by atoms with Crippen molar-refractivity contribution >= 4 is 62.0 Å². The first kappa shape index (κ1) is 32.8. The summed E-state index contributed by atoms with van der Waals surface area (Å²) in [4.78, 5) is 0. The summed E-state index contributed by atoms with van der Waals surface area (Å²) in [5, 5.41) is 10.7. The fourth-order valence-electron chi connectivity index (χ4n) is 10.7. The Morgan fingerprint density at radius 3 is 1.42 bits per heavy atom. The molecular formula is C52H40Si3. The summed E-state index contributed by atoms with van der Waals surface area (Å²) >= 11 is 0. The fraction of sp³-hybridized carbons (Fsp3) is 0.0769. The predicted octanol–water partition coefficient (Wildman–Crippen LogP) is 8.51.